The topological polar surface area (TPSA) is 86.3 Å². The normalized spacial score (nSPS) is 14.8. The lowest BCUT2D eigenvalue weighted by Gasteiger charge is -2.19. The highest BCUT2D eigenvalue weighted by Crippen LogP contribution is 2.36. The van der Waals surface area contributed by atoms with Crippen molar-refractivity contribution in [2.24, 2.45) is 0 Å². The zero-order chi connectivity index (χ0) is 22.8. The Hall–Kier alpha value is -2.84. The minimum absolute atomic E-state index is 0.0922. The maximum atomic E-state index is 13.9. The van der Waals surface area contributed by atoms with Crippen molar-refractivity contribution in [2.75, 3.05) is 18.8 Å². The number of halogens is 3. The molecular formula is C22H22Cl2FN5O2. The van der Waals surface area contributed by atoms with Gasteiger partial charge in [-0.2, -0.15) is 5.10 Å². The van der Waals surface area contributed by atoms with Gasteiger partial charge in [-0.1, -0.05) is 23.2 Å². The monoisotopic (exact) mass is 477 g/mol. The quantitative estimate of drug-likeness (QED) is 0.496. The third kappa shape index (κ3) is 4.66. The highest BCUT2D eigenvalue weighted by Gasteiger charge is 2.21. The summed E-state index contributed by atoms with van der Waals surface area (Å²) in [5.74, 6) is 0.116. The Labute approximate surface area is 194 Å². The third-order valence-corrected chi connectivity index (χ3v) is 6.12. The van der Waals surface area contributed by atoms with Crippen LogP contribution in [-0.4, -0.2) is 38.7 Å². The number of pyridine rings is 1. The lowest BCUT2D eigenvalue weighted by atomic mass is 10.1. The molecule has 2 N–H and O–H groups in total. The van der Waals surface area contributed by atoms with Gasteiger partial charge < -0.3 is 15.4 Å². The first-order chi connectivity index (χ1) is 15.3. The van der Waals surface area contributed by atoms with Crippen LogP contribution in [0.4, 0.5) is 10.2 Å². The van der Waals surface area contributed by atoms with E-state index >= 15 is 0 Å². The number of hydrogen-bond donors (Lipinski definition) is 1. The minimum Gasteiger partial charge on any atom is -0.482 e. The molecule has 7 nitrogen and oxygen atoms in total. The Balaban J connectivity index is 1.50. The van der Waals surface area contributed by atoms with Gasteiger partial charge >= 0.3 is 0 Å². The van der Waals surface area contributed by atoms with Crippen molar-refractivity contribution in [3.05, 3.63) is 58.2 Å². The molecule has 168 valence electrons. The number of benzene rings is 1. The second-order valence-electron chi connectivity index (χ2n) is 7.60. The SMILES string of the molecule is CC(Oc1cc(-c2cnn(CCN3CCCC3=O)c2)cnc1N)c1c(Cl)ccc(F)c1Cl. The molecule has 1 aliphatic heterocycles. The van der Waals surface area contributed by atoms with Crippen LogP contribution in [0.3, 0.4) is 0 Å². The van der Waals surface area contributed by atoms with Crippen LogP contribution < -0.4 is 10.5 Å². The number of carbonyl (C=O) groups excluding carboxylic acids is 1. The molecule has 1 saturated heterocycles. The molecule has 0 spiro atoms. The number of nitrogen functional groups attached to an aromatic ring is 1. The average molecular weight is 478 g/mol. The average Bonchev–Trinajstić information content (AvgIpc) is 3.40. The van der Waals surface area contributed by atoms with Crippen molar-refractivity contribution in [3.8, 4) is 16.9 Å². The summed E-state index contributed by atoms with van der Waals surface area (Å²) in [4.78, 5) is 17.8. The summed E-state index contributed by atoms with van der Waals surface area (Å²) in [5, 5.41) is 4.58. The van der Waals surface area contributed by atoms with Crippen molar-refractivity contribution in [1.82, 2.24) is 19.7 Å². The fourth-order valence-corrected chi connectivity index (χ4v) is 4.35. The number of carbonyl (C=O) groups is 1. The molecule has 1 fully saturated rings. The molecule has 1 unspecified atom stereocenters. The molecule has 10 heteroatoms. The van der Waals surface area contributed by atoms with Crippen LogP contribution in [0.25, 0.3) is 11.1 Å². The minimum atomic E-state index is -0.661. The van der Waals surface area contributed by atoms with Crippen molar-refractivity contribution in [1.29, 1.82) is 0 Å². The largest absolute Gasteiger partial charge is 0.482 e. The number of anilines is 1. The number of hydrogen-bond acceptors (Lipinski definition) is 5. The van der Waals surface area contributed by atoms with E-state index in [9.17, 15) is 9.18 Å². The number of ether oxygens (including phenoxy) is 1. The van der Waals surface area contributed by atoms with Crippen LogP contribution >= 0.6 is 23.2 Å². The van der Waals surface area contributed by atoms with E-state index in [2.05, 4.69) is 10.1 Å². The molecule has 0 saturated carbocycles. The summed E-state index contributed by atoms with van der Waals surface area (Å²) in [5.41, 5.74) is 7.91. The molecule has 1 atom stereocenters. The van der Waals surface area contributed by atoms with Gasteiger partial charge in [0.15, 0.2) is 11.6 Å². The Kier molecular flexibility index (Phi) is 6.53. The standard InChI is InChI=1S/C22H22Cl2FN5O2/c1-13(20-16(23)4-5-17(25)21(20)24)32-18-9-14(10-27-22(18)26)15-11-28-30(12-15)8-7-29-6-2-3-19(29)31/h4-5,9-13H,2-3,6-8H2,1H3,(H2,26,27). The molecule has 3 aromatic rings. The van der Waals surface area contributed by atoms with E-state index in [4.69, 9.17) is 33.7 Å². The van der Waals surface area contributed by atoms with Gasteiger partial charge in [-0.05, 0) is 31.5 Å². The Morgan fingerprint density at radius 3 is 2.81 bits per heavy atom. The zero-order valence-electron chi connectivity index (χ0n) is 17.4. The van der Waals surface area contributed by atoms with Gasteiger partial charge in [0.05, 0.1) is 17.8 Å². The first kappa shape index (κ1) is 22.4. The smallest absolute Gasteiger partial charge is 0.222 e. The summed E-state index contributed by atoms with van der Waals surface area (Å²) < 4.78 is 21.6. The number of likely N-dealkylation sites (tertiary alicyclic amines) is 1. The van der Waals surface area contributed by atoms with Crippen molar-refractivity contribution >= 4 is 34.9 Å². The van der Waals surface area contributed by atoms with Gasteiger partial charge in [0.1, 0.15) is 11.9 Å². The fourth-order valence-electron chi connectivity index (χ4n) is 3.67. The lowest BCUT2D eigenvalue weighted by molar-refractivity contribution is -0.127. The van der Waals surface area contributed by atoms with Crippen LogP contribution in [-0.2, 0) is 11.3 Å². The number of rotatable bonds is 7. The van der Waals surface area contributed by atoms with E-state index in [0.29, 0.717) is 35.8 Å². The first-order valence-corrected chi connectivity index (χ1v) is 10.9. The van der Waals surface area contributed by atoms with Crippen molar-refractivity contribution in [2.45, 2.75) is 32.4 Å². The maximum Gasteiger partial charge on any atom is 0.222 e. The van der Waals surface area contributed by atoms with Crippen molar-refractivity contribution in [3.63, 3.8) is 0 Å². The predicted octanol–water partition coefficient (Wildman–Crippen LogP) is 4.74. The molecule has 1 aliphatic rings. The Morgan fingerprint density at radius 2 is 2.06 bits per heavy atom. The lowest BCUT2D eigenvalue weighted by Crippen LogP contribution is -2.28. The van der Waals surface area contributed by atoms with Crippen LogP contribution in [0.2, 0.25) is 10.0 Å². The molecule has 0 bridgehead atoms. The van der Waals surface area contributed by atoms with Gasteiger partial charge in [-0.25, -0.2) is 9.37 Å². The molecule has 1 amide bonds. The van der Waals surface area contributed by atoms with Gasteiger partial charge in [0.25, 0.3) is 0 Å². The molecule has 1 aromatic carbocycles. The number of nitrogens with zero attached hydrogens (tertiary/aromatic N) is 4. The molecule has 32 heavy (non-hydrogen) atoms. The van der Waals surface area contributed by atoms with E-state index in [1.54, 1.807) is 30.1 Å². The highest BCUT2D eigenvalue weighted by atomic mass is 35.5. The van der Waals surface area contributed by atoms with Gasteiger partial charge in [-0.15, -0.1) is 0 Å². The molecular weight excluding hydrogens is 456 g/mol. The Morgan fingerprint density at radius 1 is 1.25 bits per heavy atom. The number of nitrogens with two attached hydrogens (primary N) is 1. The molecule has 3 heterocycles. The van der Waals surface area contributed by atoms with Crippen LogP contribution in [0.5, 0.6) is 5.75 Å². The van der Waals surface area contributed by atoms with Crippen LogP contribution in [0, 0.1) is 5.82 Å². The fraction of sp³-hybridized carbons (Fsp3) is 0.318. The summed E-state index contributed by atoms with van der Waals surface area (Å²) in [6.07, 6.45) is 6.09. The number of amides is 1. The second kappa shape index (κ2) is 9.34. The van der Waals surface area contributed by atoms with Crippen LogP contribution in [0.1, 0.15) is 31.4 Å². The first-order valence-electron chi connectivity index (χ1n) is 10.2. The van der Waals surface area contributed by atoms with E-state index in [0.717, 1.165) is 24.1 Å². The predicted molar refractivity (Wildman–Crippen MR) is 121 cm³/mol. The molecule has 0 aliphatic carbocycles. The molecule has 2 aromatic heterocycles. The van der Waals surface area contributed by atoms with E-state index in [1.165, 1.54) is 12.1 Å². The summed E-state index contributed by atoms with van der Waals surface area (Å²) in [6, 6.07) is 4.38. The van der Waals surface area contributed by atoms with Gasteiger partial charge in [-0.3, -0.25) is 9.48 Å². The van der Waals surface area contributed by atoms with Gasteiger partial charge in [0, 0.05) is 53.6 Å². The molecule has 4 rings (SSSR count). The zero-order valence-corrected chi connectivity index (χ0v) is 18.9. The number of aromatic nitrogens is 3. The summed E-state index contributed by atoms with van der Waals surface area (Å²) in [6.45, 7) is 3.73. The van der Waals surface area contributed by atoms with Gasteiger partial charge in [0.2, 0.25) is 5.91 Å². The van der Waals surface area contributed by atoms with E-state index in [-0.39, 0.29) is 16.7 Å². The second-order valence-corrected chi connectivity index (χ2v) is 8.39. The highest BCUT2D eigenvalue weighted by molar-refractivity contribution is 6.36. The molecule has 0 radical (unpaired) electrons. The maximum absolute atomic E-state index is 13.9. The van der Waals surface area contributed by atoms with Crippen LogP contribution in [0.15, 0.2) is 36.8 Å². The third-order valence-electron chi connectivity index (χ3n) is 5.41. The summed E-state index contributed by atoms with van der Waals surface area (Å²) >= 11 is 12.3. The summed E-state index contributed by atoms with van der Waals surface area (Å²) in [7, 11) is 0. The van der Waals surface area contributed by atoms with E-state index < -0.39 is 11.9 Å². The Bertz CT molecular complexity index is 1150. The van der Waals surface area contributed by atoms with Crippen molar-refractivity contribution < 1.29 is 13.9 Å². The van der Waals surface area contributed by atoms with E-state index in [1.807, 2.05) is 11.1 Å².